The van der Waals surface area contributed by atoms with Gasteiger partial charge in [-0.15, -0.1) is 0 Å². The van der Waals surface area contributed by atoms with Gasteiger partial charge < -0.3 is 10.8 Å². The molecule has 4 heteroatoms. The smallest absolute Gasteiger partial charge is 0.338 e. The summed E-state index contributed by atoms with van der Waals surface area (Å²) in [7, 11) is 0. The molecule has 3 nitrogen and oxygen atoms in total. The highest BCUT2D eigenvalue weighted by Crippen LogP contribution is 2.23. The van der Waals surface area contributed by atoms with Crippen LogP contribution in [0.2, 0.25) is 0 Å². The lowest BCUT2D eigenvalue weighted by Crippen LogP contribution is -2.08. The molecule has 0 amide bonds. The molecule has 0 saturated heterocycles. The van der Waals surface area contributed by atoms with E-state index in [0.717, 1.165) is 0 Å². The minimum absolute atomic E-state index is 0.0793. The Morgan fingerprint density at radius 2 is 2.08 bits per heavy atom. The van der Waals surface area contributed by atoms with Crippen molar-refractivity contribution in [2.45, 2.75) is 13.8 Å². The third-order valence-corrected chi connectivity index (χ3v) is 1.98. The second-order valence-corrected chi connectivity index (χ2v) is 2.89. The van der Waals surface area contributed by atoms with Crippen molar-refractivity contribution in [1.82, 2.24) is 0 Å². The number of anilines is 1. The Labute approximate surface area is 75.0 Å². The Bertz CT molecular complexity index is 348. The average Bonchev–Trinajstić information content (AvgIpc) is 2.01. The van der Waals surface area contributed by atoms with Gasteiger partial charge in [0.05, 0.1) is 5.56 Å². The number of benzene rings is 1. The molecule has 70 valence electrons. The monoisotopic (exact) mass is 183 g/mol. The van der Waals surface area contributed by atoms with Crippen molar-refractivity contribution >= 4 is 11.7 Å². The number of halogens is 1. The Morgan fingerprint density at radius 1 is 1.54 bits per heavy atom. The predicted molar refractivity (Wildman–Crippen MR) is 47.2 cm³/mol. The molecule has 0 aliphatic carbocycles. The van der Waals surface area contributed by atoms with E-state index in [0.29, 0.717) is 5.56 Å². The van der Waals surface area contributed by atoms with E-state index in [1.807, 2.05) is 0 Å². The van der Waals surface area contributed by atoms with Gasteiger partial charge >= 0.3 is 5.97 Å². The molecule has 13 heavy (non-hydrogen) atoms. The van der Waals surface area contributed by atoms with Gasteiger partial charge in [0.25, 0.3) is 0 Å². The van der Waals surface area contributed by atoms with Crippen LogP contribution in [0.1, 0.15) is 21.5 Å². The number of rotatable bonds is 1. The van der Waals surface area contributed by atoms with Crippen LogP contribution in [-0.4, -0.2) is 11.1 Å². The number of aromatic carboxylic acids is 1. The summed E-state index contributed by atoms with van der Waals surface area (Å²) in [6, 6.07) is 1.23. The molecule has 1 aromatic carbocycles. The molecule has 1 rings (SSSR count). The van der Waals surface area contributed by atoms with Gasteiger partial charge in [-0.3, -0.25) is 0 Å². The van der Waals surface area contributed by atoms with Crippen molar-refractivity contribution in [3.8, 4) is 0 Å². The first-order valence-electron chi connectivity index (χ1n) is 3.73. The second-order valence-electron chi connectivity index (χ2n) is 2.89. The van der Waals surface area contributed by atoms with Gasteiger partial charge in [-0.25, -0.2) is 9.18 Å². The highest BCUT2D eigenvalue weighted by Gasteiger charge is 2.16. The number of carboxylic acids is 1. The van der Waals surface area contributed by atoms with E-state index in [1.165, 1.54) is 13.0 Å². The van der Waals surface area contributed by atoms with Gasteiger partial charge in [-0.1, -0.05) is 0 Å². The highest BCUT2D eigenvalue weighted by atomic mass is 19.1. The van der Waals surface area contributed by atoms with Gasteiger partial charge in [0, 0.05) is 11.3 Å². The summed E-state index contributed by atoms with van der Waals surface area (Å²) in [5.41, 5.74) is 6.02. The minimum atomic E-state index is -1.20. The van der Waals surface area contributed by atoms with Crippen molar-refractivity contribution in [3.63, 3.8) is 0 Å². The SMILES string of the molecule is Cc1cc(F)c(C)c(C(=O)O)c1N. The lowest BCUT2D eigenvalue weighted by molar-refractivity contribution is 0.0696. The summed E-state index contributed by atoms with van der Waals surface area (Å²) in [6.07, 6.45) is 0. The third-order valence-electron chi connectivity index (χ3n) is 1.98. The van der Waals surface area contributed by atoms with E-state index in [4.69, 9.17) is 10.8 Å². The van der Waals surface area contributed by atoms with Crippen molar-refractivity contribution in [2.24, 2.45) is 0 Å². The molecule has 3 N–H and O–H groups in total. The van der Waals surface area contributed by atoms with Crippen molar-refractivity contribution in [2.75, 3.05) is 5.73 Å². The maximum absolute atomic E-state index is 13.1. The van der Waals surface area contributed by atoms with E-state index in [9.17, 15) is 9.18 Å². The summed E-state index contributed by atoms with van der Waals surface area (Å²) in [5.74, 6) is -1.73. The van der Waals surface area contributed by atoms with Crippen LogP contribution in [0.5, 0.6) is 0 Å². The predicted octanol–water partition coefficient (Wildman–Crippen LogP) is 1.72. The van der Waals surface area contributed by atoms with Crippen LogP contribution in [-0.2, 0) is 0 Å². The van der Waals surface area contributed by atoms with E-state index in [2.05, 4.69) is 0 Å². The van der Waals surface area contributed by atoms with Crippen LogP contribution in [0.25, 0.3) is 0 Å². The Morgan fingerprint density at radius 3 is 2.54 bits per heavy atom. The molecule has 0 fully saturated rings. The van der Waals surface area contributed by atoms with Gasteiger partial charge in [-0.2, -0.15) is 0 Å². The summed E-state index contributed by atoms with van der Waals surface area (Å²) in [4.78, 5) is 10.7. The maximum Gasteiger partial charge on any atom is 0.338 e. The molecule has 0 aliphatic heterocycles. The number of aryl methyl sites for hydroxylation is 1. The first-order valence-corrected chi connectivity index (χ1v) is 3.73. The Balaban J connectivity index is 3.56. The van der Waals surface area contributed by atoms with Gasteiger partial charge in [0.1, 0.15) is 5.82 Å². The van der Waals surface area contributed by atoms with Crippen LogP contribution in [0.15, 0.2) is 6.07 Å². The summed E-state index contributed by atoms with van der Waals surface area (Å²) >= 11 is 0. The standard InChI is InChI=1S/C9H10FNO2/c1-4-3-6(10)5(2)7(8(4)11)9(12)13/h3H,11H2,1-2H3,(H,12,13). The van der Waals surface area contributed by atoms with Crippen LogP contribution >= 0.6 is 0 Å². The fourth-order valence-corrected chi connectivity index (χ4v) is 1.17. The fourth-order valence-electron chi connectivity index (χ4n) is 1.17. The van der Waals surface area contributed by atoms with E-state index >= 15 is 0 Å². The maximum atomic E-state index is 13.1. The van der Waals surface area contributed by atoms with Gasteiger partial charge in [0.2, 0.25) is 0 Å². The summed E-state index contributed by atoms with van der Waals surface area (Å²) in [5, 5.41) is 8.75. The first kappa shape index (κ1) is 9.51. The number of carbonyl (C=O) groups is 1. The number of carboxylic acid groups (broad SMARTS) is 1. The van der Waals surface area contributed by atoms with E-state index < -0.39 is 11.8 Å². The van der Waals surface area contributed by atoms with Crippen LogP contribution in [0.4, 0.5) is 10.1 Å². The minimum Gasteiger partial charge on any atom is -0.478 e. The average molecular weight is 183 g/mol. The Kier molecular flexibility index (Phi) is 2.23. The lowest BCUT2D eigenvalue weighted by Gasteiger charge is -2.08. The molecule has 0 atom stereocenters. The molecule has 0 radical (unpaired) electrons. The van der Waals surface area contributed by atoms with Crippen molar-refractivity contribution in [1.29, 1.82) is 0 Å². The topological polar surface area (TPSA) is 63.3 Å². The quantitative estimate of drug-likeness (QED) is 0.651. The van der Waals surface area contributed by atoms with Crippen LogP contribution in [0, 0.1) is 19.7 Å². The zero-order chi connectivity index (χ0) is 10.2. The molecular weight excluding hydrogens is 173 g/mol. The largest absolute Gasteiger partial charge is 0.478 e. The van der Waals surface area contributed by atoms with E-state index in [1.54, 1.807) is 6.92 Å². The fraction of sp³-hybridized carbons (Fsp3) is 0.222. The molecule has 0 aliphatic rings. The number of hydrogen-bond acceptors (Lipinski definition) is 2. The number of nitrogens with two attached hydrogens (primary N) is 1. The van der Waals surface area contributed by atoms with Crippen LogP contribution in [0.3, 0.4) is 0 Å². The van der Waals surface area contributed by atoms with E-state index in [-0.39, 0.29) is 16.8 Å². The molecule has 0 saturated carbocycles. The zero-order valence-corrected chi connectivity index (χ0v) is 7.39. The molecule has 0 heterocycles. The normalized spacial score (nSPS) is 10.1. The first-order chi connectivity index (χ1) is 5.95. The van der Waals surface area contributed by atoms with Crippen molar-refractivity contribution in [3.05, 3.63) is 28.6 Å². The number of hydrogen-bond donors (Lipinski definition) is 2. The molecule has 0 spiro atoms. The molecule has 0 bridgehead atoms. The highest BCUT2D eigenvalue weighted by molar-refractivity contribution is 5.96. The van der Waals surface area contributed by atoms with Crippen LogP contribution < -0.4 is 5.73 Å². The summed E-state index contributed by atoms with van der Waals surface area (Å²) in [6.45, 7) is 2.97. The molecule has 1 aromatic rings. The lowest BCUT2D eigenvalue weighted by atomic mass is 10.0. The third kappa shape index (κ3) is 1.47. The van der Waals surface area contributed by atoms with Gasteiger partial charge in [-0.05, 0) is 25.5 Å². The number of nitrogen functional groups attached to an aromatic ring is 1. The van der Waals surface area contributed by atoms with Crippen molar-refractivity contribution < 1.29 is 14.3 Å². The zero-order valence-electron chi connectivity index (χ0n) is 7.39. The molecule has 0 aromatic heterocycles. The second kappa shape index (κ2) is 3.05. The molecule has 0 unspecified atom stereocenters. The van der Waals surface area contributed by atoms with Gasteiger partial charge in [0.15, 0.2) is 0 Å². The Hall–Kier alpha value is -1.58. The summed E-state index contributed by atoms with van der Waals surface area (Å²) < 4.78 is 13.1. The molecular formula is C9H10FNO2.